The molecule has 29 heavy (non-hydrogen) atoms. The van der Waals surface area contributed by atoms with E-state index in [0.29, 0.717) is 18.7 Å². The highest BCUT2D eigenvalue weighted by atomic mass is 32.2. The lowest BCUT2D eigenvalue weighted by Gasteiger charge is -2.34. The molecule has 1 aliphatic heterocycles. The van der Waals surface area contributed by atoms with Gasteiger partial charge < -0.3 is 10.1 Å². The van der Waals surface area contributed by atoms with Gasteiger partial charge in [0, 0.05) is 24.7 Å². The van der Waals surface area contributed by atoms with E-state index in [1.807, 2.05) is 31.2 Å². The summed E-state index contributed by atoms with van der Waals surface area (Å²) in [5.74, 6) is 0.445. The molecule has 0 aliphatic carbocycles. The summed E-state index contributed by atoms with van der Waals surface area (Å²) in [6, 6.07) is 13.7. The molecular weight excluding hydrogens is 388 g/mol. The van der Waals surface area contributed by atoms with Crippen LogP contribution in [0.5, 0.6) is 5.75 Å². The van der Waals surface area contributed by atoms with Gasteiger partial charge in [-0.2, -0.15) is 4.31 Å². The number of hydrogen-bond acceptors (Lipinski definition) is 4. The van der Waals surface area contributed by atoms with Crippen molar-refractivity contribution in [2.45, 2.75) is 50.0 Å². The summed E-state index contributed by atoms with van der Waals surface area (Å²) < 4.78 is 33.0. The van der Waals surface area contributed by atoms with Crippen molar-refractivity contribution in [1.82, 2.24) is 4.31 Å². The Balaban J connectivity index is 1.75. The van der Waals surface area contributed by atoms with Gasteiger partial charge in [-0.25, -0.2) is 8.42 Å². The number of hydrogen-bond donors (Lipinski definition) is 1. The van der Waals surface area contributed by atoms with E-state index < -0.39 is 10.0 Å². The van der Waals surface area contributed by atoms with Gasteiger partial charge in [0.25, 0.3) is 0 Å². The Morgan fingerprint density at radius 2 is 1.86 bits per heavy atom. The van der Waals surface area contributed by atoms with Gasteiger partial charge in [0.15, 0.2) is 0 Å². The lowest BCUT2D eigenvalue weighted by Crippen LogP contribution is -2.45. The monoisotopic (exact) mass is 416 g/mol. The summed E-state index contributed by atoms with van der Waals surface area (Å²) in [5.41, 5.74) is 1.85. The van der Waals surface area contributed by atoms with Crippen LogP contribution in [0.4, 0.5) is 5.69 Å². The third-order valence-corrected chi connectivity index (χ3v) is 7.30. The van der Waals surface area contributed by atoms with Crippen LogP contribution in [-0.2, 0) is 21.2 Å². The van der Waals surface area contributed by atoms with Gasteiger partial charge in [-0.3, -0.25) is 4.79 Å². The standard InChI is InChI=1S/C22H28N2O4S/c1-3-17-8-4-5-10-21(17)23-22(25)16-18-9-6-7-15-24(18)29(26,27)20-13-11-19(28-2)12-14-20/h4-5,8,10-14,18H,3,6-7,9,15-16H2,1-2H3,(H,23,25)/t18-/m0/s1. The fourth-order valence-electron chi connectivity index (χ4n) is 3.74. The van der Waals surface area contributed by atoms with Gasteiger partial charge >= 0.3 is 0 Å². The summed E-state index contributed by atoms with van der Waals surface area (Å²) in [5, 5.41) is 2.96. The van der Waals surface area contributed by atoms with Crippen molar-refractivity contribution in [2.75, 3.05) is 19.0 Å². The zero-order valence-electron chi connectivity index (χ0n) is 16.9. The first-order chi connectivity index (χ1) is 14.0. The summed E-state index contributed by atoms with van der Waals surface area (Å²) >= 11 is 0. The number of carbonyl (C=O) groups is 1. The molecule has 2 aromatic rings. The molecule has 1 saturated heterocycles. The van der Waals surface area contributed by atoms with Crippen LogP contribution in [-0.4, -0.2) is 38.3 Å². The van der Waals surface area contributed by atoms with Crippen LogP contribution >= 0.6 is 0 Å². The Morgan fingerprint density at radius 3 is 2.55 bits per heavy atom. The number of aryl methyl sites for hydroxylation is 1. The number of benzene rings is 2. The molecule has 1 heterocycles. The Bertz CT molecular complexity index is 942. The number of piperidine rings is 1. The van der Waals surface area contributed by atoms with Crippen molar-refractivity contribution >= 4 is 21.6 Å². The first kappa shape index (κ1) is 21.3. The Labute approximate surface area is 172 Å². The van der Waals surface area contributed by atoms with Crippen LogP contribution in [0.1, 0.15) is 38.2 Å². The van der Waals surface area contributed by atoms with E-state index in [0.717, 1.165) is 30.5 Å². The van der Waals surface area contributed by atoms with Crippen LogP contribution in [0, 0.1) is 0 Å². The Kier molecular flexibility index (Phi) is 6.92. The SMILES string of the molecule is CCc1ccccc1NC(=O)C[C@@H]1CCCCN1S(=O)(=O)c1ccc(OC)cc1. The van der Waals surface area contributed by atoms with Crippen molar-refractivity contribution < 1.29 is 17.9 Å². The maximum atomic E-state index is 13.2. The predicted molar refractivity (Wildman–Crippen MR) is 114 cm³/mol. The molecule has 0 unspecified atom stereocenters. The molecule has 6 nitrogen and oxygen atoms in total. The van der Waals surface area contributed by atoms with Gasteiger partial charge in [0.2, 0.25) is 15.9 Å². The second-order valence-electron chi connectivity index (χ2n) is 7.20. The Morgan fingerprint density at radius 1 is 1.14 bits per heavy atom. The highest BCUT2D eigenvalue weighted by molar-refractivity contribution is 7.89. The molecule has 1 fully saturated rings. The fourth-order valence-corrected chi connectivity index (χ4v) is 5.44. The van der Waals surface area contributed by atoms with E-state index in [9.17, 15) is 13.2 Å². The van der Waals surface area contributed by atoms with Crippen LogP contribution in [0.25, 0.3) is 0 Å². The number of nitrogens with zero attached hydrogens (tertiary/aromatic N) is 1. The molecule has 0 saturated carbocycles. The normalized spacial score (nSPS) is 17.7. The number of anilines is 1. The van der Waals surface area contributed by atoms with Crippen molar-refractivity contribution in [1.29, 1.82) is 0 Å². The van der Waals surface area contributed by atoms with E-state index in [1.54, 1.807) is 31.4 Å². The molecule has 0 radical (unpaired) electrons. The number of ether oxygens (including phenoxy) is 1. The summed E-state index contributed by atoms with van der Waals surface area (Å²) in [7, 11) is -2.13. The summed E-state index contributed by atoms with van der Waals surface area (Å²) in [6.07, 6.45) is 3.35. The molecule has 156 valence electrons. The maximum absolute atomic E-state index is 13.2. The minimum absolute atomic E-state index is 0.146. The van der Waals surface area contributed by atoms with Crippen LogP contribution in [0.3, 0.4) is 0 Å². The number of sulfonamides is 1. The van der Waals surface area contributed by atoms with Crippen LogP contribution < -0.4 is 10.1 Å². The first-order valence-electron chi connectivity index (χ1n) is 9.99. The maximum Gasteiger partial charge on any atom is 0.243 e. The van der Waals surface area contributed by atoms with Gasteiger partial charge in [-0.1, -0.05) is 31.5 Å². The van der Waals surface area contributed by atoms with Gasteiger partial charge in [0.1, 0.15) is 5.75 Å². The lowest BCUT2D eigenvalue weighted by atomic mass is 10.0. The van der Waals surface area contributed by atoms with Gasteiger partial charge in [-0.05, 0) is 55.2 Å². The number of nitrogens with one attached hydrogen (secondary N) is 1. The number of carbonyl (C=O) groups excluding carboxylic acids is 1. The van der Waals surface area contributed by atoms with Crippen molar-refractivity contribution in [3.8, 4) is 5.75 Å². The van der Waals surface area contributed by atoms with Crippen molar-refractivity contribution in [2.24, 2.45) is 0 Å². The second kappa shape index (κ2) is 9.41. The van der Waals surface area contributed by atoms with E-state index in [1.165, 1.54) is 4.31 Å². The van der Waals surface area contributed by atoms with Gasteiger partial charge in [0.05, 0.1) is 12.0 Å². The van der Waals surface area contributed by atoms with Crippen LogP contribution in [0.2, 0.25) is 0 Å². The quantitative estimate of drug-likeness (QED) is 0.744. The third kappa shape index (κ3) is 4.97. The largest absolute Gasteiger partial charge is 0.497 e. The fraction of sp³-hybridized carbons (Fsp3) is 0.409. The molecule has 1 N–H and O–H groups in total. The topological polar surface area (TPSA) is 75.7 Å². The van der Waals surface area contributed by atoms with E-state index in [4.69, 9.17) is 4.74 Å². The number of rotatable bonds is 7. The molecular formula is C22H28N2O4S. The molecule has 0 aromatic heterocycles. The minimum Gasteiger partial charge on any atom is -0.497 e. The average Bonchev–Trinajstić information content (AvgIpc) is 2.74. The second-order valence-corrected chi connectivity index (χ2v) is 9.09. The predicted octanol–water partition coefficient (Wildman–Crippen LogP) is 3.83. The van der Waals surface area contributed by atoms with Gasteiger partial charge in [-0.15, -0.1) is 0 Å². The number of para-hydroxylation sites is 1. The molecule has 1 amide bonds. The van der Waals surface area contributed by atoms with E-state index >= 15 is 0 Å². The minimum atomic E-state index is -3.67. The highest BCUT2D eigenvalue weighted by Crippen LogP contribution is 2.28. The zero-order chi connectivity index (χ0) is 20.9. The molecule has 1 aliphatic rings. The first-order valence-corrected chi connectivity index (χ1v) is 11.4. The number of amides is 1. The molecule has 2 aromatic carbocycles. The third-order valence-electron chi connectivity index (χ3n) is 5.33. The molecule has 7 heteroatoms. The molecule has 3 rings (SSSR count). The van der Waals surface area contributed by atoms with E-state index in [-0.39, 0.29) is 23.3 Å². The summed E-state index contributed by atoms with van der Waals surface area (Å²) in [4.78, 5) is 12.9. The Hall–Kier alpha value is -2.38. The smallest absolute Gasteiger partial charge is 0.243 e. The molecule has 0 spiro atoms. The zero-order valence-corrected chi connectivity index (χ0v) is 17.7. The van der Waals surface area contributed by atoms with Crippen molar-refractivity contribution in [3.05, 3.63) is 54.1 Å². The summed E-state index contributed by atoms with van der Waals surface area (Å²) in [6.45, 7) is 2.47. The molecule has 0 bridgehead atoms. The highest BCUT2D eigenvalue weighted by Gasteiger charge is 2.34. The molecule has 1 atom stereocenters. The average molecular weight is 417 g/mol. The van der Waals surface area contributed by atoms with Crippen LogP contribution in [0.15, 0.2) is 53.4 Å². The lowest BCUT2D eigenvalue weighted by molar-refractivity contribution is -0.117. The number of methoxy groups -OCH3 is 1. The van der Waals surface area contributed by atoms with Crippen molar-refractivity contribution in [3.63, 3.8) is 0 Å². The van der Waals surface area contributed by atoms with E-state index in [2.05, 4.69) is 5.32 Å².